The van der Waals surface area contributed by atoms with Crippen LogP contribution in [0.15, 0.2) is 72.9 Å². The van der Waals surface area contributed by atoms with Crippen LogP contribution in [-0.2, 0) is 0 Å². The maximum Gasteiger partial charge on any atom is 0.247 e. The molecule has 4 aromatic rings. The Morgan fingerprint density at radius 3 is 2.46 bits per heavy atom. The van der Waals surface area contributed by atoms with Crippen molar-refractivity contribution < 1.29 is 0 Å². The van der Waals surface area contributed by atoms with Crippen molar-refractivity contribution in [3.05, 3.63) is 78.5 Å². The highest BCUT2D eigenvalue weighted by atomic mass is 15.3. The molecule has 2 aromatic carbocycles. The molecule has 0 aliphatic carbocycles. The second kappa shape index (κ2) is 5.86. The van der Waals surface area contributed by atoms with Crippen LogP contribution in [0.25, 0.3) is 16.8 Å². The number of rotatable bonds is 3. The highest BCUT2D eigenvalue weighted by molar-refractivity contribution is 5.78. The summed E-state index contributed by atoms with van der Waals surface area (Å²) in [7, 11) is 0. The molecule has 5 heteroatoms. The number of nitrogens with zero attached hydrogens (tertiary/aromatic N) is 4. The Kier molecular flexibility index (Phi) is 3.41. The average molecular weight is 311 g/mol. The van der Waals surface area contributed by atoms with Crippen LogP contribution < -0.4 is 5.32 Å². The van der Waals surface area contributed by atoms with Gasteiger partial charge in [-0.05, 0) is 42.0 Å². The number of fused-ring (bicyclic) bond motifs is 1. The molecule has 0 amide bonds. The number of nitriles is 1. The topological polar surface area (TPSA) is 66.0 Å². The Balaban J connectivity index is 1.75. The summed E-state index contributed by atoms with van der Waals surface area (Å²) in [5.74, 6) is 0.544. The molecule has 114 valence electrons. The number of nitrogens with one attached hydrogen (secondary N) is 1. The molecule has 2 heterocycles. The summed E-state index contributed by atoms with van der Waals surface area (Å²) >= 11 is 0. The standard InChI is InChI=1S/C19H13N5/c20-13-14-8-10-15(11-9-14)17-7-4-12-24-18(17)22-19(23-24)21-16-5-2-1-3-6-16/h1-12H,(H,21,23). The van der Waals surface area contributed by atoms with Gasteiger partial charge in [0.2, 0.25) is 5.95 Å². The van der Waals surface area contributed by atoms with Crippen LogP contribution in [-0.4, -0.2) is 14.6 Å². The summed E-state index contributed by atoms with van der Waals surface area (Å²) in [4.78, 5) is 4.60. The Bertz CT molecular complexity index is 1030. The van der Waals surface area contributed by atoms with Gasteiger partial charge in [0.15, 0.2) is 5.65 Å². The lowest BCUT2D eigenvalue weighted by molar-refractivity contribution is 0.966. The van der Waals surface area contributed by atoms with Crippen molar-refractivity contribution in [3.63, 3.8) is 0 Å². The zero-order valence-electron chi connectivity index (χ0n) is 12.7. The van der Waals surface area contributed by atoms with Crippen molar-refractivity contribution in [1.29, 1.82) is 5.26 Å². The minimum Gasteiger partial charge on any atom is -0.323 e. The third-order valence-corrected chi connectivity index (χ3v) is 3.72. The van der Waals surface area contributed by atoms with Crippen LogP contribution >= 0.6 is 0 Å². The minimum absolute atomic E-state index is 0.544. The van der Waals surface area contributed by atoms with E-state index in [9.17, 15) is 0 Å². The average Bonchev–Trinajstić information content (AvgIpc) is 3.05. The summed E-state index contributed by atoms with van der Waals surface area (Å²) in [5, 5.41) is 16.6. The first-order valence-corrected chi connectivity index (χ1v) is 7.51. The molecular formula is C19H13N5. The smallest absolute Gasteiger partial charge is 0.247 e. The van der Waals surface area contributed by atoms with Crippen molar-refractivity contribution in [2.45, 2.75) is 0 Å². The second-order valence-electron chi connectivity index (χ2n) is 5.31. The van der Waals surface area contributed by atoms with Crippen molar-refractivity contribution in [2.24, 2.45) is 0 Å². The summed E-state index contributed by atoms with van der Waals surface area (Å²) in [6.45, 7) is 0. The van der Waals surface area contributed by atoms with Gasteiger partial charge in [-0.3, -0.25) is 0 Å². The quantitative estimate of drug-likeness (QED) is 0.621. The Labute approximate surface area is 138 Å². The van der Waals surface area contributed by atoms with Gasteiger partial charge in [0.25, 0.3) is 0 Å². The lowest BCUT2D eigenvalue weighted by Gasteiger charge is -2.02. The molecule has 4 rings (SSSR count). The van der Waals surface area contributed by atoms with Gasteiger partial charge in [-0.15, -0.1) is 5.10 Å². The normalized spacial score (nSPS) is 10.5. The summed E-state index contributed by atoms with van der Waals surface area (Å²) in [6.07, 6.45) is 1.87. The number of hydrogen-bond acceptors (Lipinski definition) is 4. The van der Waals surface area contributed by atoms with Crippen LogP contribution in [0.2, 0.25) is 0 Å². The highest BCUT2D eigenvalue weighted by Gasteiger charge is 2.09. The van der Waals surface area contributed by atoms with E-state index in [1.54, 1.807) is 16.6 Å². The molecule has 0 bridgehead atoms. The van der Waals surface area contributed by atoms with Gasteiger partial charge >= 0.3 is 0 Å². The van der Waals surface area contributed by atoms with E-state index in [0.29, 0.717) is 11.5 Å². The van der Waals surface area contributed by atoms with Gasteiger partial charge in [0, 0.05) is 17.4 Å². The molecule has 24 heavy (non-hydrogen) atoms. The van der Waals surface area contributed by atoms with Gasteiger partial charge in [0.1, 0.15) is 0 Å². The molecule has 1 N–H and O–H groups in total. The molecule has 0 saturated heterocycles. The van der Waals surface area contributed by atoms with E-state index in [0.717, 1.165) is 22.5 Å². The molecule has 0 atom stereocenters. The SMILES string of the molecule is N#Cc1ccc(-c2cccn3nc(Nc4ccccc4)nc23)cc1. The van der Waals surface area contributed by atoms with Crippen molar-refractivity contribution in [3.8, 4) is 17.2 Å². The molecule has 0 unspecified atom stereocenters. The largest absolute Gasteiger partial charge is 0.323 e. The second-order valence-corrected chi connectivity index (χ2v) is 5.31. The van der Waals surface area contributed by atoms with Gasteiger partial charge < -0.3 is 5.32 Å². The van der Waals surface area contributed by atoms with E-state index >= 15 is 0 Å². The van der Waals surface area contributed by atoms with E-state index in [1.807, 2.05) is 60.8 Å². The number of hydrogen-bond donors (Lipinski definition) is 1. The number of pyridine rings is 1. The number of aromatic nitrogens is 3. The predicted octanol–water partition coefficient (Wildman–Crippen LogP) is 4.01. The first-order valence-electron chi connectivity index (χ1n) is 7.51. The lowest BCUT2D eigenvalue weighted by atomic mass is 10.1. The monoisotopic (exact) mass is 311 g/mol. The van der Waals surface area contributed by atoms with Crippen molar-refractivity contribution in [1.82, 2.24) is 14.6 Å². The molecule has 2 aromatic heterocycles. The molecule has 0 spiro atoms. The van der Waals surface area contributed by atoms with Crippen LogP contribution in [0.5, 0.6) is 0 Å². The summed E-state index contributed by atoms with van der Waals surface area (Å²) in [6, 6.07) is 23.3. The van der Waals surface area contributed by atoms with E-state index in [1.165, 1.54) is 0 Å². The predicted molar refractivity (Wildman–Crippen MR) is 92.9 cm³/mol. The van der Waals surface area contributed by atoms with Crippen LogP contribution in [0.3, 0.4) is 0 Å². The van der Waals surface area contributed by atoms with E-state index in [2.05, 4.69) is 21.5 Å². The fourth-order valence-electron chi connectivity index (χ4n) is 2.56. The van der Waals surface area contributed by atoms with E-state index in [4.69, 9.17) is 5.26 Å². The molecular weight excluding hydrogens is 298 g/mol. The third kappa shape index (κ3) is 2.57. The maximum absolute atomic E-state index is 8.93. The zero-order valence-corrected chi connectivity index (χ0v) is 12.7. The first kappa shape index (κ1) is 14.0. The van der Waals surface area contributed by atoms with Crippen LogP contribution in [0, 0.1) is 11.3 Å². The summed E-state index contributed by atoms with van der Waals surface area (Å²) in [5.41, 5.74) is 4.31. The van der Waals surface area contributed by atoms with Crippen LogP contribution in [0.1, 0.15) is 5.56 Å². The van der Waals surface area contributed by atoms with Gasteiger partial charge in [-0.25, -0.2) is 4.52 Å². The van der Waals surface area contributed by atoms with Crippen LogP contribution in [0.4, 0.5) is 11.6 Å². The highest BCUT2D eigenvalue weighted by Crippen LogP contribution is 2.25. The third-order valence-electron chi connectivity index (χ3n) is 3.72. The molecule has 0 saturated carbocycles. The number of anilines is 2. The van der Waals surface area contributed by atoms with E-state index < -0.39 is 0 Å². The van der Waals surface area contributed by atoms with Crippen molar-refractivity contribution in [2.75, 3.05) is 5.32 Å². The summed E-state index contributed by atoms with van der Waals surface area (Å²) < 4.78 is 1.75. The van der Waals surface area contributed by atoms with Gasteiger partial charge in [-0.1, -0.05) is 30.3 Å². The lowest BCUT2D eigenvalue weighted by Crippen LogP contribution is -1.92. The molecule has 0 fully saturated rings. The Morgan fingerprint density at radius 1 is 0.917 bits per heavy atom. The molecule has 0 aliphatic heterocycles. The van der Waals surface area contributed by atoms with E-state index in [-0.39, 0.29) is 0 Å². The first-order chi connectivity index (χ1) is 11.8. The van der Waals surface area contributed by atoms with Gasteiger partial charge in [-0.2, -0.15) is 10.2 Å². The number of para-hydroxylation sites is 1. The number of benzene rings is 2. The molecule has 5 nitrogen and oxygen atoms in total. The fourth-order valence-corrected chi connectivity index (χ4v) is 2.56. The zero-order chi connectivity index (χ0) is 16.4. The Morgan fingerprint density at radius 2 is 1.71 bits per heavy atom. The molecule has 0 aliphatic rings. The van der Waals surface area contributed by atoms with Gasteiger partial charge in [0.05, 0.1) is 11.6 Å². The minimum atomic E-state index is 0.544. The fraction of sp³-hybridized carbons (Fsp3) is 0. The maximum atomic E-state index is 8.93. The molecule has 0 radical (unpaired) electrons. The Hall–Kier alpha value is -3.65. The van der Waals surface area contributed by atoms with Crippen molar-refractivity contribution >= 4 is 17.3 Å².